The first-order chi connectivity index (χ1) is 10.3. The number of para-hydroxylation sites is 2. The Labute approximate surface area is 124 Å². The fourth-order valence-corrected chi connectivity index (χ4v) is 3.40. The van der Waals surface area contributed by atoms with E-state index < -0.39 is 0 Å². The molecular formula is C18H10ClNO. The van der Waals surface area contributed by atoms with Crippen LogP contribution in [0.15, 0.2) is 59.0 Å². The van der Waals surface area contributed by atoms with Crippen molar-refractivity contribution in [1.29, 1.82) is 0 Å². The molecule has 0 saturated carbocycles. The van der Waals surface area contributed by atoms with E-state index in [1.807, 2.05) is 36.4 Å². The lowest BCUT2D eigenvalue weighted by Gasteiger charge is -1.96. The Balaban J connectivity index is 2.17. The fourth-order valence-electron chi connectivity index (χ4n) is 3.15. The van der Waals surface area contributed by atoms with Gasteiger partial charge in [0.25, 0.3) is 0 Å². The molecule has 21 heavy (non-hydrogen) atoms. The zero-order valence-corrected chi connectivity index (χ0v) is 11.7. The molecule has 2 nitrogen and oxygen atoms in total. The summed E-state index contributed by atoms with van der Waals surface area (Å²) in [6.45, 7) is 0. The van der Waals surface area contributed by atoms with Crippen LogP contribution in [0.5, 0.6) is 0 Å². The Bertz CT molecular complexity index is 1150. The summed E-state index contributed by atoms with van der Waals surface area (Å²) in [4.78, 5) is 3.39. The van der Waals surface area contributed by atoms with Crippen LogP contribution in [0.25, 0.3) is 43.7 Å². The van der Waals surface area contributed by atoms with E-state index in [0.717, 1.165) is 48.8 Å². The van der Waals surface area contributed by atoms with E-state index in [4.69, 9.17) is 16.0 Å². The number of aromatic nitrogens is 1. The third-order valence-electron chi connectivity index (χ3n) is 4.08. The molecule has 0 radical (unpaired) electrons. The predicted octanol–water partition coefficient (Wildman–Crippen LogP) is 5.87. The third kappa shape index (κ3) is 1.38. The van der Waals surface area contributed by atoms with Gasteiger partial charge in [-0.3, -0.25) is 0 Å². The molecule has 2 heterocycles. The molecule has 3 heteroatoms. The summed E-state index contributed by atoms with van der Waals surface area (Å²) in [5, 5.41) is 5.08. The van der Waals surface area contributed by atoms with E-state index in [0.29, 0.717) is 0 Å². The fraction of sp³-hybridized carbons (Fsp3) is 0. The molecule has 0 unspecified atom stereocenters. The van der Waals surface area contributed by atoms with E-state index in [9.17, 15) is 0 Å². The number of aromatic amines is 1. The maximum Gasteiger partial charge on any atom is 0.145 e. The smallest absolute Gasteiger partial charge is 0.145 e. The average molecular weight is 292 g/mol. The molecule has 100 valence electrons. The Morgan fingerprint density at radius 3 is 2.52 bits per heavy atom. The SMILES string of the molecule is Clc1cc2c3ccccc3oc2c2c1[nH]c1ccccc12. The van der Waals surface area contributed by atoms with Crippen molar-refractivity contribution in [3.8, 4) is 0 Å². The van der Waals surface area contributed by atoms with Gasteiger partial charge in [-0.1, -0.05) is 48.0 Å². The zero-order valence-electron chi connectivity index (χ0n) is 11.0. The van der Waals surface area contributed by atoms with Crippen molar-refractivity contribution in [2.45, 2.75) is 0 Å². The van der Waals surface area contributed by atoms with Gasteiger partial charge >= 0.3 is 0 Å². The van der Waals surface area contributed by atoms with Crippen molar-refractivity contribution in [1.82, 2.24) is 4.98 Å². The minimum Gasteiger partial charge on any atom is -0.455 e. The number of nitrogens with one attached hydrogen (secondary N) is 1. The maximum absolute atomic E-state index is 6.49. The number of halogens is 1. The van der Waals surface area contributed by atoms with E-state index in [1.165, 1.54) is 0 Å². The molecule has 0 atom stereocenters. The van der Waals surface area contributed by atoms with Gasteiger partial charge in [-0.2, -0.15) is 0 Å². The lowest BCUT2D eigenvalue weighted by atomic mass is 10.1. The van der Waals surface area contributed by atoms with Crippen LogP contribution < -0.4 is 0 Å². The van der Waals surface area contributed by atoms with Crippen molar-refractivity contribution in [2.24, 2.45) is 0 Å². The van der Waals surface area contributed by atoms with Gasteiger partial charge in [-0.15, -0.1) is 0 Å². The highest BCUT2D eigenvalue weighted by Gasteiger charge is 2.16. The van der Waals surface area contributed by atoms with Gasteiger partial charge in [0.2, 0.25) is 0 Å². The molecular weight excluding hydrogens is 282 g/mol. The first kappa shape index (κ1) is 11.2. The van der Waals surface area contributed by atoms with E-state index >= 15 is 0 Å². The summed E-state index contributed by atoms with van der Waals surface area (Å²) >= 11 is 6.49. The Morgan fingerprint density at radius 1 is 0.857 bits per heavy atom. The topological polar surface area (TPSA) is 28.9 Å². The largest absolute Gasteiger partial charge is 0.455 e. The van der Waals surface area contributed by atoms with Crippen LogP contribution in [0.3, 0.4) is 0 Å². The molecule has 0 aliphatic carbocycles. The number of hydrogen-bond acceptors (Lipinski definition) is 1. The van der Waals surface area contributed by atoms with E-state index in [1.54, 1.807) is 0 Å². The first-order valence-corrected chi connectivity index (χ1v) is 7.21. The number of hydrogen-bond donors (Lipinski definition) is 1. The lowest BCUT2D eigenvalue weighted by molar-refractivity contribution is 0.673. The van der Waals surface area contributed by atoms with Crippen molar-refractivity contribution >= 4 is 55.3 Å². The minimum absolute atomic E-state index is 0.722. The molecule has 2 aromatic heterocycles. The molecule has 0 bridgehead atoms. The normalized spacial score (nSPS) is 12.0. The van der Waals surface area contributed by atoms with Crippen LogP contribution in [0.1, 0.15) is 0 Å². The Hall–Kier alpha value is -2.45. The average Bonchev–Trinajstić information content (AvgIpc) is 3.06. The highest BCUT2D eigenvalue weighted by Crippen LogP contribution is 2.40. The molecule has 0 spiro atoms. The number of fused-ring (bicyclic) bond motifs is 7. The molecule has 0 aliphatic rings. The van der Waals surface area contributed by atoms with Crippen LogP contribution in [0.2, 0.25) is 5.02 Å². The van der Waals surface area contributed by atoms with Gasteiger partial charge in [0.05, 0.1) is 15.9 Å². The number of furan rings is 1. The monoisotopic (exact) mass is 291 g/mol. The highest BCUT2D eigenvalue weighted by molar-refractivity contribution is 6.39. The standard InChI is InChI=1S/C18H10ClNO/c19-13-9-12-10-5-2-4-8-15(10)21-18(12)16-11-6-1-3-7-14(11)20-17(13)16/h1-9,20H. The highest BCUT2D eigenvalue weighted by atomic mass is 35.5. The molecule has 3 aromatic carbocycles. The molecule has 0 amide bonds. The third-order valence-corrected chi connectivity index (χ3v) is 4.37. The van der Waals surface area contributed by atoms with Crippen molar-refractivity contribution in [3.63, 3.8) is 0 Å². The molecule has 5 aromatic rings. The minimum atomic E-state index is 0.722. The summed E-state index contributed by atoms with van der Waals surface area (Å²) in [5.41, 5.74) is 3.79. The quantitative estimate of drug-likeness (QED) is 0.379. The summed E-state index contributed by atoms with van der Waals surface area (Å²) in [5.74, 6) is 0. The summed E-state index contributed by atoms with van der Waals surface area (Å²) in [6, 6.07) is 18.2. The summed E-state index contributed by atoms with van der Waals surface area (Å²) < 4.78 is 6.11. The van der Waals surface area contributed by atoms with Crippen LogP contribution in [-0.4, -0.2) is 4.98 Å². The second-order valence-electron chi connectivity index (χ2n) is 5.25. The van der Waals surface area contributed by atoms with Crippen LogP contribution in [0, 0.1) is 0 Å². The van der Waals surface area contributed by atoms with Gasteiger partial charge in [-0.05, 0) is 18.2 Å². The van der Waals surface area contributed by atoms with Gasteiger partial charge in [-0.25, -0.2) is 0 Å². The van der Waals surface area contributed by atoms with E-state index in [2.05, 4.69) is 23.2 Å². The molecule has 1 N–H and O–H groups in total. The molecule has 0 aliphatic heterocycles. The molecule has 0 fully saturated rings. The predicted molar refractivity (Wildman–Crippen MR) is 88.1 cm³/mol. The Morgan fingerprint density at radius 2 is 1.62 bits per heavy atom. The Kier molecular flexibility index (Phi) is 2.04. The molecule has 5 rings (SSSR count). The second kappa shape index (κ2) is 3.80. The zero-order chi connectivity index (χ0) is 14.0. The maximum atomic E-state index is 6.49. The van der Waals surface area contributed by atoms with Crippen molar-refractivity contribution in [2.75, 3.05) is 0 Å². The second-order valence-corrected chi connectivity index (χ2v) is 5.66. The lowest BCUT2D eigenvalue weighted by Crippen LogP contribution is -1.73. The molecule has 0 saturated heterocycles. The number of H-pyrrole nitrogens is 1. The summed E-state index contributed by atoms with van der Waals surface area (Å²) in [7, 11) is 0. The number of rotatable bonds is 0. The van der Waals surface area contributed by atoms with Gasteiger partial charge in [0, 0.05) is 21.7 Å². The van der Waals surface area contributed by atoms with Gasteiger partial charge in [0.15, 0.2) is 0 Å². The number of benzene rings is 3. The van der Waals surface area contributed by atoms with Gasteiger partial charge < -0.3 is 9.40 Å². The van der Waals surface area contributed by atoms with Crippen LogP contribution >= 0.6 is 11.6 Å². The van der Waals surface area contributed by atoms with Crippen LogP contribution in [-0.2, 0) is 0 Å². The first-order valence-electron chi connectivity index (χ1n) is 6.83. The van der Waals surface area contributed by atoms with Crippen molar-refractivity contribution in [3.05, 3.63) is 59.6 Å². The van der Waals surface area contributed by atoms with Crippen LogP contribution in [0.4, 0.5) is 0 Å². The summed E-state index contributed by atoms with van der Waals surface area (Å²) in [6.07, 6.45) is 0. The van der Waals surface area contributed by atoms with Crippen molar-refractivity contribution < 1.29 is 4.42 Å². The van der Waals surface area contributed by atoms with Gasteiger partial charge in [0.1, 0.15) is 11.2 Å². The van der Waals surface area contributed by atoms with E-state index in [-0.39, 0.29) is 0 Å².